The molecule has 1 fully saturated rings. The number of carbonyl (C=O) groups is 1. The predicted molar refractivity (Wildman–Crippen MR) is 106 cm³/mol. The van der Waals surface area contributed by atoms with Gasteiger partial charge in [-0.2, -0.15) is 0 Å². The van der Waals surface area contributed by atoms with Crippen LogP contribution >= 0.6 is 0 Å². The topological polar surface area (TPSA) is 62.8 Å². The largest absolute Gasteiger partial charge is 0.492 e. The van der Waals surface area contributed by atoms with Crippen LogP contribution in [-0.2, 0) is 11.2 Å². The number of alkyl carbamates (subject to hydrolysis) is 1. The molecule has 1 heterocycles. The highest BCUT2D eigenvalue weighted by atomic mass is 16.6. The van der Waals surface area contributed by atoms with Crippen molar-refractivity contribution in [2.24, 2.45) is 0 Å². The molecule has 0 spiro atoms. The third-order valence-electron chi connectivity index (χ3n) is 5.03. The molecule has 6 nitrogen and oxygen atoms in total. The zero-order valence-electron chi connectivity index (χ0n) is 16.8. The second-order valence-corrected chi connectivity index (χ2v) is 8.36. The fourth-order valence-corrected chi connectivity index (χ4v) is 3.77. The van der Waals surface area contributed by atoms with Crippen molar-refractivity contribution in [1.82, 2.24) is 15.5 Å². The second kappa shape index (κ2) is 8.93. The Kier molecular flexibility index (Phi) is 6.60. The first kappa shape index (κ1) is 20.0. The van der Waals surface area contributed by atoms with Crippen molar-refractivity contribution in [3.63, 3.8) is 0 Å². The van der Waals surface area contributed by atoms with Gasteiger partial charge in [0.2, 0.25) is 0 Å². The Bertz CT molecular complexity index is 636. The molecule has 3 rings (SSSR count). The molecule has 1 atom stereocenters. The molecule has 27 heavy (non-hydrogen) atoms. The van der Waals surface area contributed by atoms with Crippen molar-refractivity contribution in [2.75, 3.05) is 39.3 Å². The van der Waals surface area contributed by atoms with Gasteiger partial charge in [0, 0.05) is 32.7 Å². The van der Waals surface area contributed by atoms with Crippen LogP contribution in [0, 0.1) is 0 Å². The number of ether oxygens (including phenoxy) is 2. The molecule has 1 aromatic carbocycles. The number of hydrogen-bond donors (Lipinski definition) is 2. The molecular weight excluding hydrogens is 342 g/mol. The van der Waals surface area contributed by atoms with Crippen molar-refractivity contribution < 1.29 is 14.3 Å². The molecular formula is C21H33N3O3. The van der Waals surface area contributed by atoms with Crippen LogP contribution in [0.2, 0.25) is 0 Å². The van der Waals surface area contributed by atoms with Gasteiger partial charge in [-0.15, -0.1) is 0 Å². The summed E-state index contributed by atoms with van der Waals surface area (Å²) in [4.78, 5) is 14.6. The highest BCUT2D eigenvalue weighted by Gasteiger charge is 2.26. The van der Waals surface area contributed by atoms with E-state index in [-0.39, 0.29) is 12.1 Å². The maximum Gasteiger partial charge on any atom is 0.408 e. The van der Waals surface area contributed by atoms with E-state index in [2.05, 4.69) is 21.6 Å². The lowest BCUT2D eigenvalue weighted by atomic mass is 9.87. The highest BCUT2D eigenvalue weighted by molar-refractivity contribution is 5.68. The summed E-state index contributed by atoms with van der Waals surface area (Å²) in [5, 5.41) is 6.41. The van der Waals surface area contributed by atoms with E-state index in [1.54, 1.807) is 0 Å². The molecule has 1 aliphatic carbocycles. The van der Waals surface area contributed by atoms with Crippen LogP contribution in [0.3, 0.4) is 0 Å². The van der Waals surface area contributed by atoms with Gasteiger partial charge in [0.05, 0.1) is 6.04 Å². The lowest BCUT2D eigenvalue weighted by Gasteiger charge is -2.30. The van der Waals surface area contributed by atoms with Crippen LogP contribution in [0.25, 0.3) is 0 Å². The first-order valence-electron chi connectivity index (χ1n) is 10.1. The summed E-state index contributed by atoms with van der Waals surface area (Å²) in [6.45, 7) is 11.6. The van der Waals surface area contributed by atoms with Crippen molar-refractivity contribution >= 4 is 6.09 Å². The maximum atomic E-state index is 12.2. The van der Waals surface area contributed by atoms with Crippen molar-refractivity contribution in [2.45, 2.75) is 51.7 Å². The average molecular weight is 376 g/mol. The lowest BCUT2D eigenvalue weighted by molar-refractivity contribution is 0.0498. The lowest BCUT2D eigenvalue weighted by Crippen LogP contribution is -2.44. The van der Waals surface area contributed by atoms with Gasteiger partial charge in [0.25, 0.3) is 0 Å². The van der Waals surface area contributed by atoms with E-state index >= 15 is 0 Å². The van der Waals surface area contributed by atoms with Gasteiger partial charge in [0.15, 0.2) is 0 Å². The van der Waals surface area contributed by atoms with Gasteiger partial charge in [-0.05, 0) is 57.2 Å². The molecule has 2 N–H and O–H groups in total. The van der Waals surface area contributed by atoms with Crippen LogP contribution in [0.4, 0.5) is 4.79 Å². The zero-order valence-corrected chi connectivity index (χ0v) is 16.8. The normalized spacial score (nSPS) is 20.6. The molecule has 1 amide bonds. The first-order valence-corrected chi connectivity index (χ1v) is 10.1. The molecule has 6 heteroatoms. The molecule has 1 aliphatic heterocycles. The first-order chi connectivity index (χ1) is 12.9. The van der Waals surface area contributed by atoms with Gasteiger partial charge in [-0.3, -0.25) is 4.90 Å². The molecule has 0 radical (unpaired) electrons. The maximum absolute atomic E-state index is 12.2. The molecule has 1 saturated heterocycles. The highest BCUT2D eigenvalue weighted by Crippen LogP contribution is 2.35. The van der Waals surface area contributed by atoms with Gasteiger partial charge in [0.1, 0.15) is 18.0 Å². The monoisotopic (exact) mass is 375 g/mol. The number of rotatable bonds is 5. The van der Waals surface area contributed by atoms with Crippen molar-refractivity contribution in [1.29, 1.82) is 0 Å². The number of carbonyl (C=O) groups excluding carboxylic acids is 1. The van der Waals surface area contributed by atoms with Crippen LogP contribution < -0.4 is 15.4 Å². The molecule has 1 aromatic rings. The number of fused-ring (bicyclic) bond motifs is 1. The smallest absolute Gasteiger partial charge is 0.408 e. The van der Waals surface area contributed by atoms with Crippen LogP contribution in [0.5, 0.6) is 5.75 Å². The number of nitrogens with one attached hydrogen (secondary N) is 2. The minimum Gasteiger partial charge on any atom is -0.492 e. The SMILES string of the molecule is CC(C)(C)OC(=O)N[C@@H]1CCCc2c(OCCN3CCNCC3)cccc21. The minimum atomic E-state index is -0.490. The van der Waals surface area contributed by atoms with Crippen LogP contribution in [0.15, 0.2) is 18.2 Å². The Morgan fingerprint density at radius 3 is 2.81 bits per heavy atom. The van der Waals surface area contributed by atoms with Gasteiger partial charge >= 0.3 is 6.09 Å². The Hall–Kier alpha value is -1.79. The molecule has 0 unspecified atom stereocenters. The van der Waals surface area contributed by atoms with E-state index in [1.807, 2.05) is 32.9 Å². The quantitative estimate of drug-likeness (QED) is 0.829. The third-order valence-corrected chi connectivity index (χ3v) is 5.03. The standard InChI is InChI=1S/C21H33N3O3/c1-21(2,3)27-20(25)23-18-8-4-7-17-16(18)6-5-9-19(17)26-15-14-24-12-10-22-11-13-24/h5-6,9,18,22H,4,7-8,10-15H2,1-3H3,(H,23,25)/t18-/m1/s1. The molecule has 0 aromatic heterocycles. The summed E-state index contributed by atoms with van der Waals surface area (Å²) in [6.07, 6.45) is 2.60. The summed E-state index contributed by atoms with van der Waals surface area (Å²) >= 11 is 0. The van der Waals surface area contributed by atoms with E-state index in [0.29, 0.717) is 6.61 Å². The number of amides is 1. The zero-order chi connectivity index (χ0) is 19.3. The Balaban J connectivity index is 1.60. The minimum absolute atomic E-state index is 0.0136. The fraction of sp³-hybridized carbons (Fsp3) is 0.667. The number of nitrogens with zero attached hydrogens (tertiary/aromatic N) is 1. The fourth-order valence-electron chi connectivity index (χ4n) is 3.77. The molecule has 0 saturated carbocycles. The van der Waals surface area contributed by atoms with E-state index in [1.165, 1.54) is 5.56 Å². The summed E-state index contributed by atoms with van der Waals surface area (Å²) in [7, 11) is 0. The predicted octanol–water partition coefficient (Wildman–Crippen LogP) is 2.87. The second-order valence-electron chi connectivity index (χ2n) is 8.36. The van der Waals surface area contributed by atoms with E-state index < -0.39 is 5.60 Å². The number of benzene rings is 1. The number of hydrogen-bond acceptors (Lipinski definition) is 5. The van der Waals surface area contributed by atoms with Crippen molar-refractivity contribution in [3.05, 3.63) is 29.3 Å². The summed E-state index contributed by atoms with van der Waals surface area (Å²) in [6, 6.07) is 6.15. The summed E-state index contributed by atoms with van der Waals surface area (Å²) < 4.78 is 11.6. The Morgan fingerprint density at radius 1 is 1.30 bits per heavy atom. The van der Waals surface area contributed by atoms with E-state index in [0.717, 1.165) is 63.3 Å². The average Bonchev–Trinajstić information content (AvgIpc) is 2.62. The van der Waals surface area contributed by atoms with Gasteiger partial charge < -0.3 is 20.1 Å². The van der Waals surface area contributed by atoms with Crippen LogP contribution in [0.1, 0.15) is 50.8 Å². The van der Waals surface area contributed by atoms with Crippen molar-refractivity contribution in [3.8, 4) is 5.75 Å². The number of piperazine rings is 1. The van der Waals surface area contributed by atoms with E-state index in [4.69, 9.17) is 9.47 Å². The summed E-state index contributed by atoms with van der Waals surface area (Å²) in [5.74, 6) is 0.957. The Labute approximate surface area is 162 Å². The van der Waals surface area contributed by atoms with Gasteiger partial charge in [-0.1, -0.05) is 12.1 Å². The van der Waals surface area contributed by atoms with Gasteiger partial charge in [-0.25, -0.2) is 4.79 Å². The summed E-state index contributed by atoms with van der Waals surface area (Å²) in [5.41, 5.74) is 1.90. The molecule has 0 bridgehead atoms. The van der Waals surface area contributed by atoms with Crippen LogP contribution in [-0.4, -0.2) is 55.9 Å². The molecule has 2 aliphatic rings. The molecule has 150 valence electrons. The third kappa shape index (κ3) is 5.84. The Morgan fingerprint density at radius 2 is 2.07 bits per heavy atom. The van der Waals surface area contributed by atoms with E-state index in [9.17, 15) is 4.79 Å².